The highest BCUT2D eigenvalue weighted by molar-refractivity contribution is 6.41. The van der Waals surface area contributed by atoms with Gasteiger partial charge in [0.25, 0.3) is 0 Å². The number of nitrogens with two attached hydrogens (primary N) is 2. The Morgan fingerprint density at radius 1 is 0.583 bits per heavy atom. The van der Waals surface area contributed by atoms with Crippen molar-refractivity contribution in [2.24, 2.45) is 11.5 Å². The predicted octanol–water partition coefficient (Wildman–Crippen LogP) is 4.18. The van der Waals surface area contributed by atoms with Gasteiger partial charge < -0.3 is 11.5 Å². The van der Waals surface area contributed by atoms with E-state index < -0.39 is 11.8 Å². The Kier molecular flexibility index (Phi) is 5.78. The molecule has 0 unspecified atom stereocenters. The van der Waals surface area contributed by atoms with Gasteiger partial charge in [-0.05, 0) is 47.5 Å². The van der Waals surface area contributed by atoms with Gasteiger partial charge in [-0.15, -0.1) is 0 Å². The maximum atomic E-state index is 12.0. The van der Waals surface area contributed by atoms with Crippen molar-refractivity contribution in [1.29, 1.82) is 0 Å². The van der Waals surface area contributed by atoms with E-state index in [9.17, 15) is 9.59 Å². The minimum Gasteiger partial charge on any atom is -0.366 e. The van der Waals surface area contributed by atoms with Crippen molar-refractivity contribution in [2.75, 3.05) is 0 Å². The van der Waals surface area contributed by atoms with Gasteiger partial charge in [0.05, 0.1) is 11.1 Å². The van der Waals surface area contributed by atoms with Crippen LogP contribution in [0.25, 0.3) is 11.1 Å². The normalized spacial score (nSPS) is 11.8. The van der Waals surface area contributed by atoms with Crippen molar-refractivity contribution < 1.29 is 9.59 Å². The van der Waals surface area contributed by atoms with Crippen molar-refractivity contribution in [3.63, 3.8) is 0 Å². The lowest BCUT2D eigenvalue weighted by atomic mass is 9.93. The maximum Gasteiger partial charge on any atom is 0.250 e. The second kappa shape index (κ2) is 7.45. The van der Waals surface area contributed by atoms with E-state index in [0.29, 0.717) is 0 Å². The zero-order valence-corrected chi connectivity index (χ0v) is 15.0. The average molecular weight is 404 g/mol. The minimum absolute atomic E-state index is 0.134. The molecule has 4 nitrogen and oxygen atoms in total. The number of carbonyl (C=O) groups excluding carboxylic acids is 2. The summed E-state index contributed by atoms with van der Waals surface area (Å²) >= 11 is 23.8. The van der Waals surface area contributed by atoms with Crippen molar-refractivity contribution in [3.05, 3.63) is 67.6 Å². The van der Waals surface area contributed by atoms with Crippen LogP contribution in [0, 0.1) is 0 Å². The Hall–Kier alpha value is -1.72. The first-order valence-corrected chi connectivity index (χ1v) is 7.97. The largest absolute Gasteiger partial charge is 0.366 e. The number of carbonyl (C=O) groups is 2. The van der Waals surface area contributed by atoms with E-state index in [2.05, 4.69) is 0 Å². The highest BCUT2D eigenvalue weighted by atomic mass is 35.5. The van der Waals surface area contributed by atoms with Crippen LogP contribution in [0.1, 0.15) is 11.1 Å². The lowest BCUT2D eigenvalue weighted by Crippen LogP contribution is -2.21. The van der Waals surface area contributed by atoms with Crippen LogP contribution in [-0.2, 0) is 9.59 Å². The van der Waals surface area contributed by atoms with Crippen LogP contribution < -0.4 is 11.5 Å². The molecular weight excluding hydrogens is 394 g/mol. The molecule has 124 valence electrons. The molecular formula is C16H10Cl4N2O2. The summed E-state index contributed by atoms with van der Waals surface area (Å²) in [4.78, 5) is 24.0. The highest BCUT2D eigenvalue weighted by Gasteiger charge is 2.22. The third-order valence-electron chi connectivity index (χ3n) is 3.05. The number of amides is 2. The van der Waals surface area contributed by atoms with Gasteiger partial charge in [-0.1, -0.05) is 46.4 Å². The maximum absolute atomic E-state index is 12.0. The summed E-state index contributed by atoms with van der Waals surface area (Å²) in [6, 6.07) is 8.74. The van der Waals surface area contributed by atoms with Crippen LogP contribution in [0.2, 0.25) is 20.1 Å². The van der Waals surface area contributed by atoms with E-state index in [1.165, 1.54) is 36.4 Å². The van der Waals surface area contributed by atoms with Gasteiger partial charge in [0, 0.05) is 20.1 Å². The predicted molar refractivity (Wildman–Crippen MR) is 98.1 cm³/mol. The highest BCUT2D eigenvalue weighted by Crippen LogP contribution is 2.32. The molecule has 2 aromatic carbocycles. The third kappa shape index (κ3) is 4.22. The van der Waals surface area contributed by atoms with Crippen LogP contribution in [0.3, 0.4) is 0 Å². The number of rotatable bonds is 4. The van der Waals surface area contributed by atoms with Gasteiger partial charge in [0.2, 0.25) is 11.8 Å². The van der Waals surface area contributed by atoms with Gasteiger partial charge in [-0.25, -0.2) is 0 Å². The summed E-state index contributed by atoms with van der Waals surface area (Å²) in [6.07, 6.45) is 0. The van der Waals surface area contributed by atoms with E-state index in [1.54, 1.807) is 0 Å². The summed E-state index contributed by atoms with van der Waals surface area (Å²) in [6.45, 7) is 0. The molecule has 8 heteroatoms. The van der Waals surface area contributed by atoms with E-state index in [1.807, 2.05) is 0 Å². The zero-order chi connectivity index (χ0) is 18.0. The van der Waals surface area contributed by atoms with Gasteiger partial charge in [-0.3, -0.25) is 9.59 Å². The van der Waals surface area contributed by atoms with Crippen molar-refractivity contribution in [1.82, 2.24) is 0 Å². The molecule has 0 saturated carbocycles. The molecule has 0 saturated heterocycles. The fourth-order valence-corrected chi connectivity index (χ4v) is 3.27. The third-order valence-corrected chi connectivity index (χ3v) is 3.92. The van der Waals surface area contributed by atoms with E-state index >= 15 is 0 Å². The van der Waals surface area contributed by atoms with Gasteiger partial charge in [0.15, 0.2) is 0 Å². The Morgan fingerprint density at radius 3 is 1.04 bits per heavy atom. The molecule has 0 spiro atoms. The van der Waals surface area contributed by atoms with E-state index in [0.717, 1.165) is 0 Å². The van der Waals surface area contributed by atoms with Crippen molar-refractivity contribution >= 4 is 69.4 Å². The SMILES string of the molecule is NC(=O)/C(=C(/C(N)=O)c1cc(Cl)cc(Cl)c1)c1cc(Cl)cc(Cl)c1. The number of hydrogen-bond acceptors (Lipinski definition) is 2. The fourth-order valence-electron chi connectivity index (χ4n) is 2.22. The molecule has 0 radical (unpaired) electrons. The first-order chi connectivity index (χ1) is 11.2. The van der Waals surface area contributed by atoms with Crippen LogP contribution in [0.15, 0.2) is 36.4 Å². The van der Waals surface area contributed by atoms with Gasteiger partial charge in [0.1, 0.15) is 0 Å². The summed E-state index contributed by atoms with van der Waals surface area (Å²) in [5.41, 5.74) is 11.2. The molecule has 2 amide bonds. The Morgan fingerprint density at radius 2 is 0.833 bits per heavy atom. The monoisotopic (exact) mass is 402 g/mol. The quantitative estimate of drug-likeness (QED) is 0.592. The molecule has 0 aliphatic heterocycles. The first-order valence-electron chi connectivity index (χ1n) is 6.46. The molecule has 0 atom stereocenters. The topological polar surface area (TPSA) is 86.2 Å². The lowest BCUT2D eigenvalue weighted by Gasteiger charge is -2.13. The smallest absolute Gasteiger partial charge is 0.250 e. The van der Waals surface area contributed by atoms with Crippen LogP contribution >= 0.6 is 46.4 Å². The van der Waals surface area contributed by atoms with Crippen LogP contribution in [0.4, 0.5) is 0 Å². The summed E-state index contributed by atoms with van der Waals surface area (Å²) in [5.74, 6) is -1.75. The molecule has 0 aliphatic carbocycles. The molecule has 0 fully saturated rings. The van der Waals surface area contributed by atoms with Crippen molar-refractivity contribution in [2.45, 2.75) is 0 Å². The second-order valence-electron chi connectivity index (χ2n) is 4.79. The van der Waals surface area contributed by atoms with Crippen LogP contribution in [0.5, 0.6) is 0 Å². The molecule has 0 heterocycles. The van der Waals surface area contributed by atoms with Gasteiger partial charge in [-0.2, -0.15) is 0 Å². The molecule has 0 aliphatic rings. The molecule has 0 bridgehead atoms. The summed E-state index contributed by atoms with van der Waals surface area (Å²) in [5, 5.41) is 1.07. The number of halogens is 4. The zero-order valence-electron chi connectivity index (χ0n) is 11.9. The van der Waals surface area contributed by atoms with E-state index in [-0.39, 0.29) is 42.4 Å². The van der Waals surface area contributed by atoms with Gasteiger partial charge >= 0.3 is 0 Å². The summed E-state index contributed by atoms with van der Waals surface area (Å²) < 4.78 is 0. The summed E-state index contributed by atoms with van der Waals surface area (Å²) in [7, 11) is 0. The lowest BCUT2D eigenvalue weighted by molar-refractivity contribution is -0.114. The Labute approximate surface area is 157 Å². The fraction of sp³-hybridized carbons (Fsp3) is 0. The van der Waals surface area contributed by atoms with Crippen LogP contribution in [-0.4, -0.2) is 11.8 Å². The Bertz CT molecular complexity index is 766. The molecule has 2 rings (SSSR count). The standard InChI is InChI=1S/C16H10Cl4N2O2/c17-9-1-7(2-10(18)5-9)13(15(21)23)14(16(22)24)8-3-11(19)6-12(20)4-8/h1-6H,(H2,21,23)(H2,22,24)/b14-13+. The van der Waals surface area contributed by atoms with E-state index in [4.69, 9.17) is 57.9 Å². The minimum atomic E-state index is -0.877. The Balaban J connectivity index is 2.87. The molecule has 4 N–H and O–H groups in total. The average Bonchev–Trinajstić information content (AvgIpc) is 2.41. The molecule has 2 aromatic rings. The molecule has 0 aromatic heterocycles. The first kappa shape index (κ1) is 18.6. The van der Waals surface area contributed by atoms with Crippen molar-refractivity contribution in [3.8, 4) is 0 Å². The second-order valence-corrected chi connectivity index (χ2v) is 6.54. The number of primary amides is 2. The number of benzene rings is 2. The molecule has 24 heavy (non-hydrogen) atoms. The number of hydrogen-bond donors (Lipinski definition) is 2.